The van der Waals surface area contributed by atoms with Crippen molar-refractivity contribution in [2.24, 2.45) is 0 Å². The summed E-state index contributed by atoms with van der Waals surface area (Å²) in [4.78, 5) is 0. The number of hydrogen-bond donors (Lipinski definition) is 0. The second-order valence-corrected chi connectivity index (χ2v) is 2.91. The number of aryl methyl sites for hydroxylation is 1. The van der Waals surface area contributed by atoms with Gasteiger partial charge in [0.15, 0.2) is 0 Å². The van der Waals surface area contributed by atoms with Gasteiger partial charge in [0.25, 0.3) is 0 Å². The van der Waals surface area contributed by atoms with Gasteiger partial charge in [-0.15, -0.1) is 11.6 Å². The summed E-state index contributed by atoms with van der Waals surface area (Å²) >= 11 is 5.46. The molecular formula is C11H11ClO. The highest BCUT2D eigenvalue weighted by Crippen LogP contribution is 2.18. The fraction of sp³-hybridized carbons (Fsp3) is 0.273. The second-order valence-electron chi connectivity index (χ2n) is 2.64. The fourth-order valence-electron chi connectivity index (χ4n) is 1.03. The summed E-state index contributed by atoms with van der Waals surface area (Å²) in [5.41, 5.74) is 2.04. The largest absolute Gasteiger partial charge is 0.495 e. The molecule has 1 aromatic rings. The van der Waals surface area contributed by atoms with Crippen molar-refractivity contribution in [2.45, 2.75) is 6.92 Å². The second kappa shape index (κ2) is 4.79. The predicted molar refractivity (Wildman–Crippen MR) is 55.3 cm³/mol. The van der Waals surface area contributed by atoms with Crippen LogP contribution in [0.2, 0.25) is 0 Å². The zero-order valence-electron chi connectivity index (χ0n) is 7.73. The first-order valence-electron chi connectivity index (χ1n) is 3.97. The van der Waals surface area contributed by atoms with Gasteiger partial charge in [0.2, 0.25) is 0 Å². The van der Waals surface area contributed by atoms with E-state index < -0.39 is 0 Å². The molecule has 13 heavy (non-hydrogen) atoms. The molecule has 0 bridgehead atoms. The summed E-state index contributed by atoms with van der Waals surface area (Å²) in [5, 5.41) is 0. The number of alkyl halides is 1. The molecule has 0 atom stereocenters. The summed E-state index contributed by atoms with van der Waals surface area (Å²) in [7, 11) is 1.64. The van der Waals surface area contributed by atoms with Crippen LogP contribution in [-0.4, -0.2) is 13.0 Å². The van der Waals surface area contributed by atoms with Gasteiger partial charge < -0.3 is 4.74 Å². The molecule has 1 nitrogen and oxygen atoms in total. The Kier molecular flexibility index (Phi) is 3.67. The van der Waals surface area contributed by atoms with Gasteiger partial charge in [-0.2, -0.15) is 0 Å². The van der Waals surface area contributed by atoms with Gasteiger partial charge in [0.1, 0.15) is 5.75 Å². The van der Waals surface area contributed by atoms with Gasteiger partial charge in [0, 0.05) is 0 Å². The highest BCUT2D eigenvalue weighted by Gasteiger charge is 1.98. The third kappa shape index (κ3) is 2.68. The quantitative estimate of drug-likeness (QED) is 0.493. The number of rotatable bonds is 1. The van der Waals surface area contributed by atoms with Gasteiger partial charge in [-0.25, -0.2) is 0 Å². The summed E-state index contributed by atoms with van der Waals surface area (Å²) < 4.78 is 5.18. The van der Waals surface area contributed by atoms with Crippen molar-refractivity contribution in [3.05, 3.63) is 29.3 Å². The van der Waals surface area contributed by atoms with Crippen LogP contribution >= 0.6 is 11.6 Å². The topological polar surface area (TPSA) is 9.23 Å². The monoisotopic (exact) mass is 194 g/mol. The molecule has 0 amide bonds. The fourth-order valence-corrected chi connectivity index (χ4v) is 1.10. The maximum absolute atomic E-state index is 5.46. The van der Waals surface area contributed by atoms with E-state index in [1.807, 2.05) is 25.1 Å². The molecule has 1 aromatic carbocycles. The minimum absolute atomic E-state index is 0.344. The SMILES string of the molecule is COc1cc(C)ccc1C#CCCl. The smallest absolute Gasteiger partial charge is 0.134 e. The Morgan fingerprint density at radius 1 is 1.46 bits per heavy atom. The first-order chi connectivity index (χ1) is 6.27. The van der Waals surface area contributed by atoms with Gasteiger partial charge in [-0.3, -0.25) is 0 Å². The highest BCUT2D eigenvalue weighted by atomic mass is 35.5. The third-order valence-electron chi connectivity index (χ3n) is 1.65. The summed E-state index contributed by atoms with van der Waals surface area (Å²) in [6, 6.07) is 5.90. The maximum atomic E-state index is 5.46. The van der Waals surface area contributed by atoms with Crippen LogP contribution < -0.4 is 4.74 Å². The van der Waals surface area contributed by atoms with Crippen molar-refractivity contribution >= 4 is 11.6 Å². The van der Waals surface area contributed by atoms with E-state index in [-0.39, 0.29) is 0 Å². The summed E-state index contributed by atoms with van der Waals surface area (Å²) in [5.74, 6) is 6.88. The van der Waals surface area contributed by atoms with Crippen LogP contribution in [0.25, 0.3) is 0 Å². The Bertz CT molecular complexity index is 347. The van der Waals surface area contributed by atoms with E-state index in [1.165, 1.54) is 0 Å². The molecule has 0 aromatic heterocycles. The average molecular weight is 195 g/mol. The van der Waals surface area contributed by atoms with Gasteiger partial charge in [0.05, 0.1) is 18.6 Å². The Labute approximate surface area is 83.7 Å². The third-order valence-corrected chi connectivity index (χ3v) is 1.78. The molecule has 0 saturated heterocycles. The molecule has 2 heteroatoms. The molecule has 0 unspecified atom stereocenters. The zero-order chi connectivity index (χ0) is 9.68. The van der Waals surface area contributed by atoms with E-state index >= 15 is 0 Å². The molecule has 0 aliphatic heterocycles. The number of hydrogen-bond acceptors (Lipinski definition) is 1. The van der Waals surface area contributed by atoms with Crippen LogP contribution in [0.5, 0.6) is 5.75 Å². The van der Waals surface area contributed by atoms with Crippen molar-refractivity contribution in [1.29, 1.82) is 0 Å². The van der Waals surface area contributed by atoms with E-state index in [9.17, 15) is 0 Å². The summed E-state index contributed by atoms with van der Waals surface area (Å²) in [6.07, 6.45) is 0. The van der Waals surface area contributed by atoms with Crippen molar-refractivity contribution < 1.29 is 4.74 Å². The predicted octanol–water partition coefficient (Wildman–Crippen LogP) is 2.59. The Hall–Kier alpha value is -1.13. The minimum Gasteiger partial charge on any atom is -0.495 e. The molecule has 1 rings (SSSR count). The van der Waals surface area contributed by atoms with E-state index in [0.29, 0.717) is 5.88 Å². The Morgan fingerprint density at radius 2 is 2.23 bits per heavy atom. The normalized spacial score (nSPS) is 8.85. The average Bonchev–Trinajstić information content (AvgIpc) is 2.16. The summed E-state index contributed by atoms with van der Waals surface area (Å²) in [6.45, 7) is 2.02. The molecule has 0 radical (unpaired) electrons. The Balaban J connectivity index is 3.06. The molecule has 68 valence electrons. The Morgan fingerprint density at radius 3 is 2.85 bits per heavy atom. The van der Waals surface area contributed by atoms with Crippen LogP contribution in [0, 0.1) is 18.8 Å². The van der Waals surface area contributed by atoms with Crippen LogP contribution in [-0.2, 0) is 0 Å². The maximum Gasteiger partial charge on any atom is 0.134 e. The van der Waals surface area contributed by atoms with Crippen molar-refractivity contribution in [3.63, 3.8) is 0 Å². The van der Waals surface area contributed by atoms with Crippen LogP contribution in [0.15, 0.2) is 18.2 Å². The molecule has 0 spiro atoms. The lowest BCUT2D eigenvalue weighted by molar-refractivity contribution is 0.413. The zero-order valence-corrected chi connectivity index (χ0v) is 8.48. The first-order valence-corrected chi connectivity index (χ1v) is 4.51. The highest BCUT2D eigenvalue weighted by molar-refractivity contribution is 6.19. The molecule has 0 aliphatic rings. The lowest BCUT2D eigenvalue weighted by atomic mass is 10.1. The van der Waals surface area contributed by atoms with E-state index in [2.05, 4.69) is 11.8 Å². The standard InChI is InChI=1S/C11H11ClO/c1-9-5-6-10(4-3-7-12)11(8-9)13-2/h5-6,8H,7H2,1-2H3. The first kappa shape index (κ1) is 9.95. The molecule has 0 fully saturated rings. The van der Waals surface area contributed by atoms with Gasteiger partial charge >= 0.3 is 0 Å². The van der Waals surface area contributed by atoms with Crippen molar-refractivity contribution in [2.75, 3.05) is 13.0 Å². The van der Waals surface area contributed by atoms with Crippen molar-refractivity contribution in [3.8, 4) is 17.6 Å². The molecule has 0 aliphatic carbocycles. The van der Waals surface area contributed by atoms with Crippen LogP contribution in [0.4, 0.5) is 0 Å². The van der Waals surface area contributed by atoms with E-state index in [1.54, 1.807) is 7.11 Å². The number of ether oxygens (including phenoxy) is 1. The number of halogens is 1. The lowest BCUT2D eigenvalue weighted by Gasteiger charge is -2.03. The molecule has 0 saturated carbocycles. The van der Waals surface area contributed by atoms with Gasteiger partial charge in [-0.1, -0.05) is 17.9 Å². The van der Waals surface area contributed by atoms with Gasteiger partial charge in [-0.05, 0) is 24.6 Å². The van der Waals surface area contributed by atoms with Crippen LogP contribution in [0.3, 0.4) is 0 Å². The minimum atomic E-state index is 0.344. The van der Waals surface area contributed by atoms with Crippen molar-refractivity contribution in [1.82, 2.24) is 0 Å². The number of methoxy groups -OCH3 is 1. The lowest BCUT2D eigenvalue weighted by Crippen LogP contribution is -1.88. The molecular weight excluding hydrogens is 184 g/mol. The number of benzene rings is 1. The molecule has 0 N–H and O–H groups in total. The van der Waals surface area contributed by atoms with E-state index in [0.717, 1.165) is 16.9 Å². The molecule has 0 heterocycles. The van der Waals surface area contributed by atoms with Crippen LogP contribution in [0.1, 0.15) is 11.1 Å². The van der Waals surface area contributed by atoms with E-state index in [4.69, 9.17) is 16.3 Å².